The molecule has 2 heterocycles. The standard InChI is InChI=1S/C10H20N2OS/c1-9-7-11-10(14-9)3-4-12(8-10)5-6-13-2/h9,11H,3-8H2,1-2H3. The average molecular weight is 216 g/mol. The fourth-order valence-electron chi connectivity index (χ4n) is 2.31. The van der Waals surface area contributed by atoms with Crippen LogP contribution in [0.3, 0.4) is 0 Å². The number of nitrogens with zero attached hydrogens (tertiary/aromatic N) is 1. The van der Waals surface area contributed by atoms with Crippen molar-refractivity contribution in [3.63, 3.8) is 0 Å². The van der Waals surface area contributed by atoms with Crippen molar-refractivity contribution in [1.82, 2.24) is 10.2 Å². The molecule has 2 saturated heterocycles. The highest BCUT2D eigenvalue weighted by molar-refractivity contribution is 8.01. The highest BCUT2D eigenvalue weighted by Gasteiger charge is 2.43. The van der Waals surface area contributed by atoms with Crippen LogP contribution >= 0.6 is 11.8 Å². The molecule has 2 unspecified atom stereocenters. The Morgan fingerprint density at radius 2 is 2.50 bits per heavy atom. The molecule has 0 aromatic carbocycles. The predicted octanol–water partition coefficient (Wildman–Crippen LogP) is 0.760. The summed E-state index contributed by atoms with van der Waals surface area (Å²) in [5.74, 6) is 0. The minimum Gasteiger partial charge on any atom is -0.383 e. The van der Waals surface area contributed by atoms with E-state index in [0.29, 0.717) is 4.87 Å². The first-order valence-electron chi connectivity index (χ1n) is 5.38. The molecule has 4 heteroatoms. The van der Waals surface area contributed by atoms with Gasteiger partial charge in [0.25, 0.3) is 0 Å². The zero-order valence-electron chi connectivity index (χ0n) is 9.08. The summed E-state index contributed by atoms with van der Waals surface area (Å²) in [6.45, 7) is 7.82. The van der Waals surface area contributed by atoms with E-state index in [9.17, 15) is 0 Å². The molecule has 2 rings (SSSR count). The second-order valence-electron chi connectivity index (χ2n) is 4.32. The number of thioether (sulfide) groups is 1. The van der Waals surface area contributed by atoms with Crippen LogP contribution in [0.15, 0.2) is 0 Å². The van der Waals surface area contributed by atoms with Crippen LogP contribution in [0, 0.1) is 0 Å². The van der Waals surface area contributed by atoms with Crippen molar-refractivity contribution in [1.29, 1.82) is 0 Å². The van der Waals surface area contributed by atoms with Gasteiger partial charge in [0.05, 0.1) is 11.5 Å². The molecule has 0 aliphatic carbocycles. The first-order chi connectivity index (χ1) is 6.74. The summed E-state index contributed by atoms with van der Waals surface area (Å²) in [6, 6.07) is 0. The third-order valence-electron chi connectivity index (χ3n) is 3.06. The highest BCUT2D eigenvalue weighted by atomic mass is 32.2. The lowest BCUT2D eigenvalue weighted by Gasteiger charge is -2.23. The summed E-state index contributed by atoms with van der Waals surface area (Å²) in [7, 11) is 1.77. The van der Waals surface area contributed by atoms with Crippen molar-refractivity contribution in [3.8, 4) is 0 Å². The smallest absolute Gasteiger partial charge is 0.0789 e. The molecular weight excluding hydrogens is 196 g/mol. The van der Waals surface area contributed by atoms with E-state index in [1.165, 1.54) is 26.1 Å². The molecule has 1 spiro atoms. The van der Waals surface area contributed by atoms with Crippen molar-refractivity contribution < 1.29 is 4.74 Å². The van der Waals surface area contributed by atoms with E-state index < -0.39 is 0 Å². The highest BCUT2D eigenvalue weighted by Crippen LogP contribution is 2.39. The minimum atomic E-state index is 0.368. The molecule has 2 fully saturated rings. The molecule has 2 atom stereocenters. The summed E-state index contributed by atoms with van der Waals surface area (Å²) in [5.41, 5.74) is 0. The van der Waals surface area contributed by atoms with Gasteiger partial charge in [0.1, 0.15) is 0 Å². The van der Waals surface area contributed by atoms with E-state index >= 15 is 0 Å². The van der Waals surface area contributed by atoms with Crippen molar-refractivity contribution in [2.45, 2.75) is 23.5 Å². The van der Waals surface area contributed by atoms with Gasteiger partial charge < -0.3 is 10.1 Å². The number of nitrogens with one attached hydrogen (secondary N) is 1. The van der Waals surface area contributed by atoms with Gasteiger partial charge in [-0.1, -0.05) is 6.92 Å². The lowest BCUT2D eigenvalue weighted by Crippen LogP contribution is -2.40. The molecule has 14 heavy (non-hydrogen) atoms. The van der Waals surface area contributed by atoms with Crippen LogP contribution in [-0.2, 0) is 4.74 Å². The van der Waals surface area contributed by atoms with Crippen LogP contribution in [0.1, 0.15) is 13.3 Å². The summed E-state index contributed by atoms with van der Waals surface area (Å²) >= 11 is 2.12. The molecule has 1 N–H and O–H groups in total. The van der Waals surface area contributed by atoms with Crippen LogP contribution in [0.25, 0.3) is 0 Å². The molecule has 2 aliphatic rings. The van der Waals surface area contributed by atoms with Crippen molar-refractivity contribution >= 4 is 11.8 Å². The van der Waals surface area contributed by atoms with E-state index in [4.69, 9.17) is 4.74 Å². The van der Waals surface area contributed by atoms with Crippen molar-refractivity contribution in [3.05, 3.63) is 0 Å². The molecule has 0 amide bonds. The monoisotopic (exact) mass is 216 g/mol. The lowest BCUT2D eigenvalue weighted by atomic mass is 10.2. The Kier molecular flexibility index (Phi) is 3.37. The maximum atomic E-state index is 5.11. The fourth-order valence-corrected chi connectivity index (χ4v) is 3.88. The van der Waals surface area contributed by atoms with Crippen LogP contribution < -0.4 is 5.32 Å². The summed E-state index contributed by atoms with van der Waals surface area (Å²) in [5, 5.41) is 4.44. The van der Waals surface area contributed by atoms with Gasteiger partial charge in [-0.3, -0.25) is 4.90 Å². The molecule has 0 aromatic rings. The first kappa shape index (κ1) is 10.7. The Bertz CT molecular complexity index is 203. The summed E-state index contributed by atoms with van der Waals surface area (Å²) in [4.78, 5) is 2.87. The van der Waals surface area contributed by atoms with E-state index in [0.717, 1.165) is 18.4 Å². The Balaban J connectivity index is 1.82. The third kappa shape index (κ3) is 2.24. The van der Waals surface area contributed by atoms with Gasteiger partial charge in [-0.2, -0.15) is 0 Å². The minimum absolute atomic E-state index is 0.368. The van der Waals surface area contributed by atoms with Crippen molar-refractivity contribution in [2.75, 3.05) is 39.9 Å². The van der Waals surface area contributed by atoms with Crippen molar-refractivity contribution in [2.24, 2.45) is 0 Å². The van der Waals surface area contributed by atoms with Gasteiger partial charge in [0.15, 0.2) is 0 Å². The van der Waals surface area contributed by atoms with Gasteiger partial charge in [0.2, 0.25) is 0 Å². The number of hydrogen-bond acceptors (Lipinski definition) is 4. The number of ether oxygens (including phenoxy) is 1. The second-order valence-corrected chi connectivity index (χ2v) is 6.14. The quantitative estimate of drug-likeness (QED) is 0.753. The number of rotatable bonds is 3. The van der Waals surface area contributed by atoms with Gasteiger partial charge in [-0.15, -0.1) is 11.8 Å². The maximum absolute atomic E-state index is 5.11. The van der Waals surface area contributed by atoms with Gasteiger partial charge in [-0.25, -0.2) is 0 Å². The average Bonchev–Trinajstić information content (AvgIpc) is 2.72. The molecule has 0 saturated carbocycles. The Morgan fingerprint density at radius 1 is 1.64 bits per heavy atom. The number of hydrogen-bond donors (Lipinski definition) is 1. The second kappa shape index (κ2) is 4.39. The van der Waals surface area contributed by atoms with Crippen LogP contribution in [0.4, 0.5) is 0 Å². The first-order valence-corrected chi connectivity index (χ1v) is 6.26. The summed E-state index contributed by atoms with van der Waals surface area (Å²) in [6.07, 6.45) is 1.28. The Labute approximate surface area is 90.6 Å². The molecule has 0 radical (unpaired) electrons. The Hall–Kier alpha value is 0.230. The van der Waals surface area contributed by atoms with E-state index in [1.54, 1.807) is 7.11 Å². The predicted molar refractivity (Wildman–Crippen MR) is 60.7 cm³/mol. The van der Waals surface area contributed by atoms with E-state index in [-0.39, 0.29) is 0 Å². The summed E-state index contributed by atoms with van der Waals surface area (Å²) < 4.78 is 5.11. The fraction of sp³-hybridized carbons (Fsp3) is 1.00. The lowest BCUT2D eigenvalue weighted by molar-refractivity contribution is 0.159. The number of likely N-dealkylation sites (tertiary alicyclic amines) is 1. The maximum Gasteiger partial charge on any atom is 0.0789 e. The molecule has 3 nitrogen and oxygen atoms in total. The van der Waals surface area contributed by atoms with Crippen LogP contribution in [-0.4, -0.2) is 54.9 Å². The molecule has 0 bridgehead atoms. The molecule has 0 aromatic heterocycles. The van der Waals surface area contributed by atoms with Gasteiger partial charge in [-0.05, 0) is 6.42 Å². The molecular formula is C10H20N2OS. The van der Waals surface area contributed by atoms with Crippen LogP contribution in [0.2, 0.25) is 0 Å². The zero-order valence-corrected chi connectivity index (χ0v) is 9.90. The molecule has 2 aliphatic heterocycles. The van der Waals surface area contributed by atoms with E-state index in [1.807, 2.05) is 0 Å². The SMILES string of the molecule is COCCN1CCC2(C1)NCC(C)S2. The van der Waals surface area contributed by atoms with Gasteiger partial charge >= 0.3 is 0 Å². The third-order valence-corrected chi connectivity index (χ3v) is 4.56. The van der Waals surface area contributed by atoms with Gasteiger partial charge in [0, 0.05) is 38.5 Å². The molecule has 82 valence electrons. The number of methoxy groups -OCH3 is 1. The van der Waals surface area contributed by atoms with E-state index in [2.05, 4.69) is 28.9 Å². The normalized spacial score (nSPS) is 38.6. The topological polar surface area (TPSA) is 24.5 Å². The van der Waals surface area contributed by atoms with Crippen LogP contribution in [0.5, 0.6) is 0 Å². The Morgan fingerprint density at radius 3 is 3.14 bits per heavy atom. The zero-order chi connectivity index (χ0) is 10.0. The largest absolute Gasteiger partial charge is 0.383 e.